The smallest absolute Gasteiger partial charge is 0.177 e. The number of hydrogen-bond donors (Lipinski definition) is 1. The van der Waals surface area contributed by atoms with E-state index in [2.05, 4.69) is 21.9 Å². The third kappa shape index (κ3) is 1.59. The van der Waals surface area contributed by atoms with Gasteiger partial charge in [0.25, 0.3) is 0 Å². The van der Waals surface area contributed by atoms with Crippen LogP contribution in [0.1, 0.15) is 30.8 Å². The lowest BCUT2D eigenvalue weighted by molar-refractivity contribution is 0.123. The van der Waals surface area contributed by atoms with Crippen LogP contribution in [0.4, 0.5) is 0 Å². The van der Waals surface area contributed by atoms with Gasteiger partial charge < -0.3 is 9.72 Å². The number of nitrogens with one attached hydrogen (secondary N) is 1. The number of rotatable bonds is 1. The van der Waals surface area contributed by atoms with Crippen molar-refractivity contribution in [3.63, 3.8) is 0 Å². The number of imidazole rings is 1. The molecule has 0 aliphatic carbocycles. The Bertz CT molecular complexity index is 520. The highest BCUT2D eigenvalue weighted by Gasteiger charge is 2.26. The number of ether oxygens (including phenoxy) is 1. The maximum absolute atomic E-state index is 5.56. The fourth-order valence-electron chi connectivity index (χ4n) is 2.21. The number of aromatic nitrogens is 3. The van der Waals surface area contributed by atoms with Gasteiger partial charge in [-0.05, 0) is 32.4 Å². The molecule has 2 unspecified atom stereocenters. The standard InChI is InChI=1S/C12H15N3O/c1-7-3-4-10-12(13-7)15-11(14-10)9-5-8(2)16-6-9/h3-4,8-9H,5-6H2,1-2H3,(H,13,14,15). The number of aryl methyl sites for hydroxylation is 1. The second-order valence-electron chi connectivity index (χ2n) is 4.52. The van der Waals surface area contributed by atoms with Crippen LogP contribution in [0.25, 0.3) is 11.2 Å². The fourth-order valence-corrected chi connectivity index (χ4v) is 2.21. The number of hydrogen-bond acceptors (Lipinski definition) is 3. The fraction of sp³-hybridized carbons (Fsp3) is 0.500. The summed E-state index contributed by atoms with van der Waals surface area (Å²) >= 11 is 0. The second kappa shape index (κ2) is 3.56. The Balaban J connectivity index is 1.99. The van der Waals surface area contributed by atoms with Gasteiger partial charge in [-0.25, -0.2) is 9.97 Å². The maximum Gasteiger partial charge on any atom is 0.177 e. The van der Waals surface area contributed by atoms with Gasteiger partial charge in [0.05, 0.1) is 18.2 Å². The van der Waals surface area contributed by atoms with Crippen molar-refractivity contribution in [2.75, 3.05) is 6.61 Å². The molecule has 1 N–H and O–H groups in total. The van der Waals surface area contributed by atoms with Gasteiger partial charge in [-0.2, -0.15) is 0 Å². The molecule has 0 radical (unpaired) electrons. The van der Waals surface area contributed by atoms with Gasteiger partial charge in [0.15, 0.2) is 5.65 Å². The van der Waals surface area contributed by atoms with Crippen LogP contribution in [-0.4, -0.2) is 27.7 Å². The molecule has 4 heteroatoms. The van der Waals surface area contributed by atoms with Crippen molar-refractivity contribution < 1.29 is 4.74 Å². The third-order valence-corrected chi connectivity index (χ3v) is 3.09. The molecule has 4 nitrogen and oxygen atoms in total. The third-order valence-electron chi connectivity index (χ3n) is 3.09. The first kappa shape index (κ1) is 9.78. The average molecular weight is 217 g/mol. The number of nitrogens with zero attached hydrogens (tertiary/aromatic N) is 2. The number of pyridine rings is 1. The van der Waals surface area contributed by atoms with Gasteiger partial charge in [-0.15, -0.1) is 0 Å². The Morgan fingerprint density at radius 2 is 2.25 bits per heavy atom. The molecule has 84 valence electrons. The van der Waals surface area contributed by atoms with Gasteiger partial charge in [0, 0.05) is 11.6 Å². The van der Waals surface area contributed by atoms with E-state index in [1.807, 2.05) is 19.1 Å². The Labute approximate surface area is 94.1 Å². The van der Waals surface area contributed by atoms with E-state index in [4.69, 9.17) is 4.74 Å². The largest absolute Gasteiger partial charge is 0.378 e. The minimum Gasteiger partial charge on any atom is -0.378 e. The van der Waals surface area contributed by atoms with Crippen molar-refractivity contribution >= 4 is 11.2 Å². The Hall–Kier alpha value is -1.42. The van der Waals surface area contributed by atoms with Gasteiger partial charge >= 0.3 is 0 Å². The zero-order valence-corrected chi connectivity index (χ0v) is 9.53. The van der Waals surface area contributed by atoms with E-state index in [-0.39, 0.29) is 0 Å². The van der Waals surface area contributed by atoms with Crippen molar-refractivity contribution in [1.29, 1.82) is 0 Å². The van der Waals surface area contributed by atoms with Crippen LogP contribution < -0.4 is 0 Å². The summed E-state index contributed by atoms with van der Waals surface area (Å²) in [6.07, 6.45) is 1.38. The highest BCUT2D eigenvalue weighted by Crippen LogP contribution is 2.28. The van der Waals surface area contributed by atoms with Crippen LogP contribution in [0.15, 0.2) is 12.1 Å². The summed E-state index contributed by atoms with van der Waals surface area (Å²) in [7, 11) is 0. The zero-order chi connectivity index (χ0) is 11.1. The topological polar surface area (TPSA) is 50.8 Å². The summed E-state index contributed by atoms with van der Waals surface area (Å²) in [5.41, 5.74) is 2.83. The van der Waals surface area contributed by atoms with E-state index in [0.29, 0.717) is 12.0 Å². The van der Waals surface area contributed by atoms with Crippen LogP contribution in [-0.2, 0) is 4.74 Å². The molecular weight excluding hydrogens is 202 g/mol. The van der Waals surface area contributed by atoms with E-state index in [1.54, 1.807) is 0 Å². The summed E-state index contributed by atoms with van der Waals surface area (Å²) in [5.74, 6) is 1.40. The van der Waals surface area contributed by atoms with Crippen molar-refractivity contribution in [3.05, 3.63) is 23.7 Å². The Morgan fingerprint density at radius 1 is 1.38 bits per heavy atom. The molecule has 1 aliphatic heterocycles. The van der Waals surface area contributed by atoms with Crippen LogP contribution in [0.2, 0.25) is 0 Å². The summed E-state index contributed by atoms with van der Waals surface area (Å²) in [4.78, 5) is 12.3. The second-order valence-corrected chi connectivity index (χ2v) is 4.52. The molecule has 0 amide bonds. The molecule has 1 aliphatic rings. The predicted octanol–water partition coefficient (Wildman–Crippen LogP) is 2.16. The van der Waals surface area contributed by atoms with Crippen molar-refractivity contribution in [2.24, 2.45) is 0 Å². The first-order valence-electron chi connectivity index (χ1n) is 5.67. The summed E-state index contributed by atoms with van der Waals surface area (Å²) in [5, 5.41) is 0. The molecule has 0 saturated carbocycles. The van der Waals surface area contributed by atoms with Crippen molar-refractivity contribution in [1.82, 2.24) is 15.0 Å². The van der Waals surface area contributed by atoms with Crippen LogP contribution in [0.5, 0.6) is 0 Å². The highest BCUT2D eigenvalue weighted by atomic mass is 16.5. The van der Waals surface area contributed by atoms with Crippen molar-refractivity contribution in [3.8, 4) is 0 Å². The van der Waals surface area contributed by atoms with E-state index in [1.165, 1.54) is 0 Å². The van der Waals surface area contributed by atoms with Crippen LogP contribution in [0, 0.1) is 6.92 Å². The van der Waals surface area contributed by atoms with Gasteiger partial charge in [-0.1, -0.05) is 0 Å². The summed E-state index contributed by atoms with van der Waals surface area (Å²) < 4.78 is 5.56. The molecule has 3 heterocycles. The predicted molar refractivity (Wildman–Crippen MR) is 61.4 cm³/mol. The molecule has 16 heavy (non-hydrogen) atoms. The summed E-state index contributed by atoms with van der Waals surface area (Å²) in [6.45, 7) is 4.85. The number of fused-ring (bicyclic) bond motifs is 1. The first-order chi connectivity index (χ1) is 7.72. The minimum absolute atomic E-state index is 0.341. The normalized spacial score (nSPS) is 25.4. The lowest BCUT2D eigenvalue weighted by Gasteiger charge is -2.01. The molecular formula is C12H15N3O. The molecule has 2 atom stereocenters. The van der Waals surface area contributed by atoms with Gasteiger partial charge in [-0.3, -0.25) is 0 Å². The van der Waals surface area contributed by atoms with Crippen molar-refractivity contribution in [2.45, 2.75) is 32.3 Å². The minimum atomic E-state index is 0.341. The van der Waals surface area contributed by atoms with E-state index >= 15 is 0 Å². The van der Waals surface area contributed by atoms with E-state index in [9.17, 15) is 0 Å². The maximum atomic E-state index is 5.56. The quantitative estimate of drug-likeness (QED) is 0.796. The first-order valence-corrected chi connectivity index (χ1v) is 5.67. The Kier molecular flexibility index (Phi) is 2.17. The molecule has 0 bridgehead atoms. The molecule has 1 saturated heterocycles. The highest BCUT2D eigenvalue weighted by molar-refractivity contribution is 5.70. The van der Waals surface area contributed by atoms with Gasteiger partial charge in [0.1, 0.15) is 5.82 Å². The molecule has 2 aromatic rings. The Morgan fingerprint density at radius 3 is 3.00 bits per heavy atom. The summed E-state index contributed by atoms with van der Waals surface area (Å²) in [6, 6.07) is 4.03. The molecule has 2 aromatic heterocycles. The average Bonchev–Trinajstić information content (AvgIpc) is 2.83. The lowest BCUT2D eigenvalue weighted by Crippen LogP contribution is -2.00. The van der Waals surface area contributed by atoms with Crippen LogP contribution >= 0.6 is 0 Å². The number of H-pyrrole nitrogens is 1. The van der Waals surface area contributed by atoms with E-state index < -0.39 is 0 Å². The SMILES string of the molecule is Cc1ccc2[nH]c(C3COC(C)C3)nc2n1. The number of aromatic amines is 1. The molecule has 3 rings (SSSR count). The lowest BCUT2D eigenvalue weighted by atomic mass is 10.1. The molecule has 0 spiro atoms. The zero-order valence-electron chi connectivity index (χ0n) is 9.53. The monoisotopic (exact) mass is 217 g/mol. The molecule has 1 fully saturated rings. The molecule has 0 aromatic carbocycles. The van der Waals surface area contributed by atoms with E-state index in [0.717, 1.165) is 35.7 Å². The van der Waals surface area contributed by atoms with Gasteiger partial charge in [0.2, 0.25) is 0 Å². The van der Waals surface area contributed by atoms with Crippen LogP contribution in [0.3, 0.4) is 0 Å².